The summed E-state index contributed by atoms with van der Waals surface area (Å²) in [7, 11) is 0. The quantitative estimate of drug-likeness (QED) is 0.866. The van der Waals surface area contributed by atoms with E-state index in [-0.39, 0.29) is 5.25 Å². The Bertz CT molecular complexity index is 499. The van der Waals surface area contributed by atoms with Gasteiger partial charge in [0, 0.05) is 22.5 Å². The number of aryl methyl sites for hydroxylation is 1. The first-order valence-corrected chi connectivity index (χ1v) is 7.31. The standard InChI is InChI=1S/C12H13ClN2S2/c1-8-4-5-10(16-8)11(7-14)17-12-9(13)3-2-6-15-12/h2-6,11H,7,14H2,1H3. The largest absolute Gasteiger partial charge is 0.329 e. The van der Waals surface area contributed by atoms with E-state index in [9.17, 15) is 0 Å². The third kappa shape index (κ3) is 3.22. The smallest absolute Gasteiger partial charge is 0.115 e. The molecule has 0 aliphatic carbocycles. The molecule has 0 amide bonds. The van der Waals surface area contributed by atoms with Gasteiger partial charge in [-0.25, -0.2) is 4.98 Å². The van der Waals surface area contributed by atoms with Crippen molar-refractivity contribution in [2.24, 2.45) is 5.73 Å². The van der Waals surface area contributed by atoms with Crippen LogP contribution in [-0.4, -0.2) is 11.5 Å². The van der Waals surface area contributed by atoms with Gasteiger partial charge in [0.1, 0.15) is 5.03 Å². The highest BCUT2D eigenvalue weighted by atomic mass is 35.5. The molecule has 2 nitrogen and oxygen atoms in total. The van der Waals surface area contributed by atoms with Crippen LogP contribution < -0.4 is 5.73 Å². The summed E-state index contributed by atoms with van der Waals surface area (Å²) in [6, 6.07) is 7.92. The molecule has 0 saturated heterocycles. The molecule has 2 aromatic rings. The molecule has 2 N–H and O–H groups in total. The number of thiophene rings is 1. The van der Waals surface area contributed by atoms with E-state index in [1.165, 1.54) is 9.75 Å². The van der Waals surface area contributed by atoms with Crippen molar-refractivity contribution in [2.75, 3.05) is 6.54 Å². The fraction of sp³-hybridized carbons (Fsp3) is 0.250. The van der Waals surface area contributed by atoms with Crippen molar-refractivity contribution in [2.45, 2.75) is 17.2 Å². The number of nitrogens with zero attached hydrogens (tertiary/aromatic N) is 1. The molecule has 5 heteroatoms. The average Bonchev–Trinajstić information content (AvgIpc) is 2.75. The minimum atomic E-state index is 0.223. The lowest BCUT2D eigenvalue weighted by Gasteiger charge is -2.12. The zero-order valence-electron chi connectivity index (χ0n) is 9.39. The normalized spacial score (nSPS) is 12.6. The Balaban J connectivity index is 2.18. The molecule has 0 spiro atoms. The third-order valence-electron chi connectivity index (χ3n) is 2.27. The lowest BCUT2D eigenvalue weighted by atomic mass is 10.3. The van der Waals surface area contributed by atoms with Crippen LogP contribution in [0.4, 0.5) is 0 Å². The van der Waals surface area contributed by atoms with E-state index in [2.05, 4.69) is 24.0 Å². The molecule has 0 bridgehead atoms. The number of nitrogens with two attached hydrogens (primary N) is 1. The number of halogens is 1. The average molecular weight is 285 g/mol. The van der Waals surface area contributed by atoms with E-state index in [4.69, 9.17) is 17.3 Å². The van der Waals surface area contributed by atoms with Gasteiger partial charge in [-0.05, 0) is 31.2 Å². The molecular weight excluding hydrogens is 272 g/mol. The summed E-state index contributed by atoms with van der Waals surface area (Å²) < 4.78 is 0. The van der Waals surface area contributed by atoms with Crippen molar-refractivity contribution in [3.05, 3.63) is 45.2 Å². The summed E-state index contributed by atoms with van der Waals surface area (Å²) >= 11 is 9.50. The fourth-order valence-electron chi connectivity index (χ4n) is 1.44. The Labute approximate surface area is 114 Å². The van der Waals surface area contributed by atoms with Crippen LogP contribution in [0.3, 0.4) is 0 Å². The van der Waals surface area contributed by atoms with Gasteiger partial charge in [0.2, 0.25) is 0 Å². The number of hydrogen-bond donors (Lipinski definition) is 1. The van der Waals surface area contributed by atoms with Gasteiger partial charge in [-0.3, -0.25) is 0 Å². The number of hydrogen-bond acceptors (Lipinski definition) is 4. The number of aromatic nitrogens is 1. The summed E-state index contributed by atoms with van der Waals surface area (Å²) in [4.78, 5) is 6.85. The first kappa shape index (κ1) is 12.9. The summed E-state index contributed by atoms with van der Waals surface area (Å²) in [6.45, 7) is 2.68. The van der Waals surface area contributed by atoms with E-state index in [1.54, 1.807) is 29.3 Å². The van der Waals surface area contributed by atoms with Gasteiger partial charge in [-0.1, -0.05) is 23.4 Å². The predicted octanol–water partition coefficient (Wildman–Crippen LogP) is 3.90. The summed E-state index contributed by atoms with van der Waals surface area (Å²) in [5, 5.41) is 1.75. The Morgan fingerprint density at radius 2 is 2.29 bits per heavy atom. The molecule has 17 heavy (non-hydrogen) atoms. The van der Waals surface area contributed by atoms with E-state index in [0.717, 1.165) is 5.03 Å². The Morgan fingerprint density at radius 1 is 1.47 bits per heavy atom. The Morgan fingerprint density at radius 3 is 2.88 bits per heavy atom. The van der Waals surface area contributed by atoms with E-state index in [1.807, 2.05) is 12.1 Å². The third-order valence-corrected chi connectivity index (χ3v) is 5.23. The molecule has 0 radical (unpaired) electrons. The summed E-state index contributed by atoms with van der Waals surface area (Å²) in [6.07, 6.45) is 1.75. The van der Waals surface area contributed by atoms with E-state index < -0.39 is 0 Å². The van der Waals surface area contributed by atoms with Gasteiger partial charge in [-0.2, -0.15) is 0 Å². The van der Waals surface area contributed by atoms with Gasteiger partial charge < -0.3 is 5.73 Å². The van der Waals surface area contributed by atoms with Crippen LogP contribution in [0, 0.1) is 6.92 Å². The van der Waals surface area contributed by atoms with Crippen LogP contribution in [0.25, 0.3) is 0 Å². The second-order valence-corrected chi connectivity index (χ2v) is 6.50. The highest BCUT2D eigenvalue weighted by molar-refractivity contribution is 7.99. The predicted molar refractivity (Wildman–Crippen MR) is 76.0 cm³/mol. The van der Waals surface area contributed by atoms with Crippen LogP contribution in [0.1, 0.15) is 15.0 Å². The minimum Gasteiger partial charge on any atom is -0.329 e. The minimum absolute atomic E-state index is 0.223. The molecule has 0 aliphatic rings. The lowest BCUT2D eigenvalue weighted by molar-refractivity contribution is 0.953. The second-order valence-electron chi connectivity index (χ2n) is 3.58. The van der Waals surface area contributed by atoms with Crippen molar-refractivity contribution in [3.63, 3.8) is 0 Å². The molecule has 1 atom stereocenters. The molecule has 2 rings (SSSR count). The van der Waals surface area contributed by atoms with Crippen molar-refractivity contribution < 1.29 is 0 Å². The highest BCUT2D eigenvalue weighted by Crippen LogP contribution is 2.39. The van der Waals surface area contributed by atoms with Gasteiger partial charge in [-0.15, -0.1) is 11.3 Å². The molecule has 0 fully saturated rings. The van der Waals surface area contributed by atoms with Crippen molar-refractivity contribution in [3.8, 4) is 0 Å². The zero-order chi connectivity index (χ0) is 12.3. The molecule has 1 unspecified atom stereocenters. The van der Waals surface area contributed by atoms with Crippen LogP contribution in [-0.2, 0) is 0 Å². The first-order chi connectivity index (χ1) is 8.20. The van der Waals surface area contributed by atoms with Crippen LogP contribution in [0.15, 0.2) is 35.5 Å². The molecule has 0 aliphatic heterocycles. The molecular formula is C12H13ClN2S2. The van der Waals surface area contributed by atoms with Crippen molar-refractivity contribution >= 4 is 34.7 Å². The van der Waals surface area contributed by atoms with Crippen LogP contribution in [0.5, 0.6) is 0 Å². The maximum atomic E-state index is 6.10. The van der Waals surface area contributed by atoms with Crippen molar-refractivity contribution in [1.82, 2.24) is 4.98 Å². The Kier molecular flexibility index (Phi) is 4.45. The van der Waals surface area contributed by atoms with Crippen molar-refractivity contribution in [1.29, 1.82) is 0 Å². The van der Waals surface area contributed by atoms with E-state index in [0.29, 0.717) is 11.6 Å². The Hall–Kier alpha value is -0.550. The molecule has 2 heterocycles. The zero-order valence-corrected chi connectivity index (χ0v) is 11.8. The highest BCUT2D eigenvalue weighted by Gasteiger charge is 2.15. The molecule has 0 aromatic carbocycles. The van der Waals surface area contributed by atoms with Gasteiger partial charge in [0.25, 0.3) is 0 Å². The lowest BCUT2D eigenvalue weighted by Crippen LogP contribution is -2.08. The number of pyridine rings is 1. The monoisotopic (exact) mass is 284 g/mol. The number of rotatable bonds is 4. The maximum absolute atomic E-state index is 6.10. The number of thioether (sulfide) groups is 1. The summed E-state index contributed by atoms with van der Waals surface area (Å²) in [5.74, 6) is 0. The molecule has 0 saturated carbocycles. The van der Waals surface area contributed by atoms with Crippen LogP contribution >= 0.6 is 34.7 Å². The molecule has 90 valence electrons. The van der Waals surface area contributed by atoms with Gasteiger partial charge in [0.05, 0.1) is 10.3 Å². The first-order valence-electron chi connectivity index (χ1n) is 5.24. The van der Waals surface area contributed by atoms with Crippen LogP contribution in [0.2, 0.25) is 5.02 Å². The molecule has 2 aromatic heterocycles. The summed E-state index contributed by atoms with van der Waals surface area (Å²) in [5.41, 5.74) is 5.83. The topological polar surface area (TPSA) is 38.9 Å². The second kappa shape index (κ2) is 5.87. The fourth-order valence-corrected chi connectivity index (χ4v) is 3.72. The van der Waals surface area contributed by atoms with Gasteiger partial charge >= 0.3 is 0 Å². The maximum Gasteiger partial charge on any atom is 0.115 e. The SMILES string of the molecule is Cc1ccc(C(CN)Sc2ncccc2Cl)s1. The van der Waals surface area contributed by atoms with Gasteiger partial charge in [0.15, 0.2) is 0 Å². The van der Waals surface area contributed by atoms with E-state index >= 15 is 0 Å².